The standard InChI is InChI=1S/C24H28F2N2O4/c1-17(18-7-9-19(10-8-18)21(29)30)28-22(31)23(11-13-24(25,26)14-12-23)27-15-16-32-20-5-3-2-4-6-20/h2-10,17,27H,11-16H2,1H3,(H,28,31)(H,29,30)/t17-/m0/s1. The first kappa shape index (κ1) is 23.7. The van der Waals surface area contributed by atoms with E-state index in [0.717, 1.165) is 5.56 Å². The topological polar surface area (TPSA) is 87.7 Å². The third kappa shape index (κ3) is 6.03. The lowest BCUT2D eigenvalue weighted by Crippen LogP contribution is -2.60. The molecule has 0 heterocycles. The maximum absolute atomic E-state index is 13.8. The zero-order valence-electron chi connectivity index (χ0n) is 17.9. The molecule has 6 nitrogen and oxygen atoms in total. The van der Waals surface area contributed by atoms with Crippen molar-refractivity contribution < 1.29 is 28.2 Å². The molecule has 3 N–H and O–H groups in total. The van der Waals surface area contributed by atoms with Crippen LogP contribution in [0.5, 0.6) is 5.75 Å². The Morgan fingerprint density at radius 3 is 2.25 bits per heavy atom. The molecule has 172 valence electrons. The number of hydrogen-bond acceptors (Lipinski definition) is 4. The average Bonchev–Trinajstić information content (AvgIpc) is 2.78. The van der Waals surface area contributed by atoms with Crippen LogP contribution in [-0.2, 0) is 4.79 Å². The van der Waals surface area contributed by atoms with E-state index in [4.69, 9.17) is 9.84 Å². The van der Waals surface area contributed by atoms with Gasteiger partial charge < -0.3 is 15.2 Å². The number of carboxylic acids is 1. The van der Waals surface area contributed by atoms with E-state index < -0.39 is 23.5 Å². The van der Waals surface area contributed by atoms with Crippen molar-refractivity contribution in [1.29, 1.82) is 0 Å². The second-order valence-corrected chi connectivity index (χ2v) is 8.15. The van der Waals surface area contributed by atoms with Gasteiger partial charge in [-0.15, -0.1) is 0 Å². The Morgan fingerprint density at radius 1 is 1.03 bits per heavy atom. The van der Waals surface area contributed by atoms with Crippen molar-refractivity contribution in [3.05, 3.63) is 65.7 Å². The number of carbonyl (C=O) groups excluding carboxylic acids is 1. The summed E-state index contributed by atoms with van der Waals surface area (Å²) in [5.41, 5.74) is -0.234. The Labute approximate surface area is 186 Å². The van der Waals surface area contributed by atoms with Gasteiger partial charge in [0.05, 0.1) is 17.1 Å². The van der Waals surface area contributed by atoms with Crippen molar-refractivity contribution in [2.45, 2.75) is 50.1 Å². The van der Waals surface area contributed by atoms with Crippen LogP contribution in [0.2, 0.25) is 0 Å². The van der Waals surface area contributed by atoms with Crippen LogP contribution >= 0.6 is 0 Å². The van der Waals surface area contributed by atoms with Crippen molar-refractivity contribution in [2.24, 2.45) is 0 Å². The lowest BCUT2D eigenvalue weighted by Gasteiger charge is -2.40. The molecule has 1 aliphatic carbocycles. The second kappa shape index (κ2) is 10.1. The van der Waals surface area contributed by atoms with Crippen molar-refractivity contribution >= 4 is 11.9 Å². The second-order valence-electron chi connectivity index (χ2n) is 8.15. The highest BCUT2D eigenvalue weighted by molar-refractivity contribution is 5.88. The van der Waals surface area contributed by atoms with Crippen molar-refractivity contribution in [3.8, 4) is 5.75 Å². The zero-order valence-corrected chi connectivity index (χ0v) is 17.9. The molecule has 32 heavy (non-hydrogen) atoms. The number of hydrogen-bond donors (Lipinski definition) is 3. The van der Waals surface area contributed by atoms with Crippen LogP contribution in [-0.4, -0.2) is 41.6 Å². The van der Waals surface area contributed by atoms with Gasteiger partial charge >= 0.3 is 5.97 Å². The summed E-state index contributed by atoms with van der Waals surface area (Å²) >= 11 is 0. The van der Waals surface area contributed by atoms with Crippen LogP contribution in [0.15, 0.2) is 54.6 Å². The molecule has 0 saturated heterocycles. The molecule has 8 heteroatoms. The van der Waals surface area contributed by atoms with Gasteiger partial charge in [-0.05, 0) is 49.6 Å². The first-order valence-corrected chi connectivity index (χ1v) is 10.7. The maximum atomic E-state index is 13.8. The Morgan fingerprint density at radius 2 is 1.66 bits per heavy atom. The number of rotatable bonds is 9. The predicted octanol–water partition coefficient (Wildman–Crippen LogP) is 4.18. The Bertz CT molecular complexity index is 909. The van der Waals surface area contributed by atoms with Crippen LogP contribution in [0.3, 0.4) is 0 Å². The molecule has 0 aliphatic heterocycles. The van der Waals surface area contributed by atoms with Gasteiger partial charge in [0, 0.05) is 19.4 Å². The molecule has 1 saturated carbocycles. The summed E-state index contributed by atoms with van der Waals surface area (Å²) in [7, 11) is 0. The van der Waals surface area contributed by atoms with Crippen LogP contribution < -0.4 is 15.4 Å². The van der Waals surface area contributed by atoms with Gasteiger partial charge in [-0.25, -0.2) is 13.6 Å². The number of benzene rings is 2. The molecule has 0 radical (unpaired) electrons. The van der Waals surface area contributed by atoms with E-state index in [2.05, 4.69) is 10.6 Å². The molecule has 0 aromatic heterocycles. The third-order valence-electron chi connectivity index (χ3n) is 5.85. The van der Waals surface area contributed by atoms with Gasteiger partial charge in [-0.1, -0.05) is 30.3 Å². The number of ether oxygens (including phenoxy) is 1. The fourth-order valence-electron chi connectivity index (χ4n) is 3.84. The molecular weight excluding hydrogens is 418 g/mol. The largest absolute Gasteiger partial charge is 0.492 e. The number of carbonyl (C=O) groups is 2. The summed E-state index contributed by atoms with van der Waals surface area (Å²) in [6.07, 6.45) is -0.701. The SMILES string of the molecule is C[C@H](NC(=O)C1(NCCOc2ccccc2)CCC(F)(F)CC1)c1ccc(C(=O)O)cc1. The van der Waals surface area contributed by atoms with Gasteiger partial charge in [0.25, 0.3) is 0 Å². The summed E-state index contributed by atoms with van der Waals surface area (Å²) in [4.78, 5) is 24.2. The van der Waals surface area contributed by atoms with Gasteiger partial charge in [0.15, 0.2) is 0 Å². The average molecular weight is 446 g/mol. The van der Waals surface area contributed by atoms with Gasteiger partial charge in [0.2, 0.25) is 11.8 Å². The Balaban J connectivity index is 1.64. The number of para-hydroxylation sites is 1. The molecule has 1 amide bonds. The predicted molar refractivity (Wildman–Crippen MR) is 116 cm³/mol. The monoisotopic (exact) mass is 446 g/mol. The molecule has 2 aromatic carbocycles. The lowest BCUT2D eigenvalue weighted by molar-refractivity contribution is -0.134. The number of aromatic carboxylic acids is 1. The molecular formula is C24H28F2N2O4. The molecule has 1 aliphatic rings. The first-order chi connectivity index (χ1) is 15.2. The molecule has 0 unspecified atom stereocenters. The summed E-state index contributed by atoms with van der Waals surface area (Å²) in [6, 6.07) is 15.0. The molecule has 0 bridgehead atoms. The minimum absolute atomic E-state index is 0.0157. The van der Waals surface area contributed by atoms with Crippen molar-refractivity contribution in [2.75, 3.05) is 13.2 Å². The summed E-state index contributed by atoms with van der Waals surface area (Å²) in [5, 5.41) is 15.1. The number of carboxylic acid groups (broad SMARTS) is 1. The van der Waals surface area contributed by atoms with Crippen molar-refractivity contribution in [1.82, 2.24) is 10.6 Å². The fraction of sp³-hybridized carbons (Fsp3) is 0.417. The van der Waals surface area contributed by atoms with Crippen LogP contribution in [0, 0.1) is 0 Å². The van der Waals surface area contributed by atoms with E-state index in [9.17, 15) is 18.4 Å². The molecule has 0 spiro atoms. The maximum Gasteiger partial charge on any atom is 0.335 e. The number of amides is 1. The summed E-state index contributed by atoms with van der Waals surface area (Å²) in [6.45, 7) is 2.40. The highest BCUT2D eigenvalue weighted by Gasteiger charge is 2.47. The molecule has 3 rings (SSSR count). The van der Waals surface area contributed by atoms with Gasteiger partial charge in [-0.2, -0.15) is 0 Å². The highest BCUT2D eigenvalue weighted by atomic mass is 19.3. The quantitative estimate of drug-likeness (QED) is 0.503. The summed E-state index contributed by atoms with van der Waals surface area (Å²) < 4.78 is 33.3. The van der Waals surface area contributed by atoms with E-state index in [-0.39, 0.29) is 37.2 Å². The highest BCUT2D eigenvalue weighted by Crippen LogP contribution is 2.39. The number of alkyl halides is 2. The van der Waals surface area contributed by atoms with E-state index in [1.165, 1.54) is 12.1 Å². The minimum atomic E-state index is -2.77. The van der Waals surface area contributed by atoms with Gasteiger partial charge in [-0.3, -0.25) is 10.1 Å². The number of nitrogens with one attached hydrogen (secondary N) is 2. The zero-order chi connectivity index (χ0) is 23.2. The smallest absolute Gasteiger partial charge is 0.335 e. The van der Waals surface area contributed by atoms with E-state index in [0.29, 0.717) is 18.9 Å². The number of halogens is 2. The minimum Gasteiger partial charge on any atom is -0.492 e. The third-order valence-corrected chi connectivity index (χ3v) is 5.85. The Kier molecular flexibility index (Phi) is 7.45. The first-order valence-electron chi connectivity index (χ1n) is 10.7. The lowest BCUT2D eigenvalue weighted by atomic mass is 9.78. The van der Waals surface area contributed by atoms with E-state index in [1.807, 2.05) is 30.3 Å². The van der Waals surface area contributed by atoms with Crippen LogP contribution in [0.4, 0.5) is 8.78 Å². The molecule has 1 fully saturated rings. The van der Waals surface area contributed by atoms with Gasteiger partial charge in [0.1, 0.15) is 12.4 Å². The normalized spacial score (nSPS) is 17.8. The van der Waals surface area contributed by atoms with Crippen LogP contribution in [0.1, 0.15) is 54.6 Å². The molecule has 2 aromatic rings. The molecule has 1 atom stereocenters. The van der Waals surface area contributed by atoms with Crippen LogP contribution in [0.25, 0.3) is 0 Å². The fourth-order valence-corrected chi connectivity index (χ4v) is 3.84. The van der Waals surface area contributed by atoms with E-state index >= 15 is 0 Å². The van der Waals surface area contributed by atoms with E-state index in [1.54, 1.807) is 19.1 Å². The Hall–Kier alpha value is -3.00. The summed E-state index contributed by atoms with van der Waals surface area (Å²) in [5.74, 6) is -3.45. The van der Waals surface area contributed by atoms with Crippen molar-refractivity contribution in [3.63, 3.8) is 0 Å².